The highest BCUT2D eigenvalue weighted by Crippen LogP contribution is 2.44. The molecule has 2 aliphatic rings. The zero-order valence-corrected chi connectivity index (χ0v) is 13.2. The van der Waals surface area contributed by atoms with Gasteiger partial charge in [0.25, 0.3) is 0 Å². The van der Waals surface area contributed by atoms with Crippen molar-refractivity contribution in [1.82, 2.24) is 4.90 Å². The van der Waals surface area contributed by atoms with Gasteiger partial charge in [-0.1, -0.05) is 19.3 Å². The molecule has 1 saturated heterocycles. The van der Waals surface area contributed by atoms with E-state index in [9.17, 15) is 4.79 Å². The minimum atomic E-state index is -0.392. The number of hydrogen-bond donors (Lipinski definition) is 1. The number of halogens is 1. The Bertz CT molecular complexity index is 301. The second kappa shape index (κ2) is 6.45. The predicted molar refractivity (Wildman–Crippen MR) is 81.4 cm³/mol. The van der Waals surface area contributed by atoms with Gasteiger partial charge in [0.1, 0.15) is 0 Å². The molecule has 0 aromatic heterocycles. The second-order valence-corrected chi connectivity index (χ2v) is 6.94. The molecule has 0 unspecified atom stereocenters. The quantitative estimate of drug-likeness (QED) is 0.849. The summed E-state index contributed by atoms with van der Waals surface area (Å²) in [4.78, 5) is 14.4. The Morgan fingerprint density at radius 1 is 1.11 bits per heavy atom. The maximum Gasteiger partial charge on any atom is 0.229 e. The number of likely N-dealkylation sites (tertiary alicyclic amines) is 1. The summed E-state index contributed by atoms with van der Waals surface area (Å²) in [5.74, 6) is 0.246. The number of carbonyl (C=O) groups is 1. The van der Waals surface area contributed by atoms with Crippen LogP contribution in [-0.4, -0.2) is 30.4 Å². The van der Waals surface area contributed by atoms with Crippen LogP contribution in [0.5, 0.6) is 0 Å². The second-order valence-electron chi connectivity index (χ2n) is 6.94. The van der Waals surface area contributed by atoms with Crippen molar-refractivity contribution < 1.29 is 4.79 Å². The fourth-order valence-electron chi connectivity index (χ4n) is 3.50. The lowest BCUT2D eigenvalue weighted by Gasteiger charge is -2.45. The van der Waals surface area contributed by atoms with Gasteiger partial charge in [0.15, 0.2) is 0 Å². The molecule has 1 aliphatic heterocycles. The predicted octanol–water partition coefficient (Wildman–Crippen LogP) is 2.97. The molecule has 2 rings (SSSR count). The molecule has 0 aromatic rings. The summed E-state index contributed by atoms with van der Waals surface area (Å²) in [6.07, 6.45) is 9.37. The Balaban J connectivity index is 0.00000180. The number of hydrogen-bond acceptors (Lipinski definition) is 2. The van der Waals surface area contributed by atoms with Gasteiger partial charge in [0.2, 0.25) is 5.91 Å². The number of nitrogens with zero attached hydrogens (tertiary/aromatic N) is 1. The molecule has 0 bridgehead atoms. The normalized spacial score (nSPS) is 23.0. The molecular weight excluding hydrogens is 260 g/mol. The first-order valence-electron chi connectivity index (χ1n) is 7.49. The average Bonchev–Trinajstić information content (AvgIpc) is 2.40. The Labute approximate surface area is 123 Å². The molecule has 3 nitrogen and oxygen atoms in total. The minimum Gasteiger partial charge on any atom is -0.342 e. The average molecular weight is 289 g/mol. The molecule has 0 radical (unpaired) electrons. The number of carbonyl (C=O) groups excluding carboxylic acids is 1. The molecule has 0 atom stereocenters. The van der Waals surface area contributed by atoms with E-state index in [1.807, 2.05) is 18.7 Å². The molecule has 2 N–H and O–H groups in total. The van der Waals surface area contributed by atoms with Gasteiger partial charge in [-0.3, -0.25) is 4.79 Å². The summed E-state index contributed by atoms with van der Waals surface area (Å²) >= 11 is 0. The first kappa shape index (κ1) is 16.8. The number of rotatable bonds is 2. The molecule has 1 spiro atoms. The van der Waals surface area contributed by atoms with E-state index >= 15 is 0 Å². The first-order chi connectivity index (χ1) is 8.49. The molecule has 2 fully saturated rings. The van der Waals surface area contributed by atoms with Gasteiger partial charge in [-0.25, -0.2) is 0 Å². The summed E-state index contributed by atoms with van der Waals surface area (Å²) in [6, 6.07) is 0. The van der Waals surface area contributed by atoms with Crippen LogP contribution in [0, 0.1) is 10.8 Å². The lowest BCUT2D eigenvalue weighted by molar-refractivity contribution is -0.142. The van der Waals surface area contributed by atoms with Gasteiger partial charge in [-0.05, 0) is 44.9 Å². The smallest absolute Gasteiger partial charge is 0.229 e. The Hall–Kier alpha value is -0.280. The lowest BCUT2D eigenvalue weighted by atomic mass is 9.68. The van der Waals surface area contributed by atoms with Crippen molar-refractivity contribution in [3.63, 3.8) is 0 Å². The third-order valence-corrected chi connectivity index (χ3v) is 5.11. The first-order valence-corrected chi connectivity index (χ1v) is 7.49. The van der Waals surface area contributed by atoms with E-state index in [4.69, 9.17) is 5.73 Å². The monoisotopic (exact) mass is 288 g/mol. The zero-order valence-electron chi connectivity index (χ0n) is 12.4. The van der Waals surface area contributed by atoms with Gasteiger partial charge in [-0.15, -0.1) is 12.4 Å². The van der Waals surface area contributed by atoms with Crippen molar-refractivity contribution in [3.8, 4) is 0 Å². The molecular formula is C15H29ClN2O. The summed E-state index contributed by atoms with van der Waals surface area (Å²) < 4.78 is 0. The molecule has 1 saturated carbocycles. The largest absolute Gasteiger partial charge is 0.342 e. The van der Waals surface area contributed by atoms with Crippen molar-refractivity contribution in [2.24, 2.45) is 16.6 Å². The highest BCUT2D eigenvalue weighted by Gasteiger charge is 2.39. The molecule has 1 amide bonds. The van der Waals surface area contributed by atoms with Crippen LogP contribution in [0.15, 0.2) is 0 Å². The number of amides is 1. The van der Waals surface area contributed by atoms with Crippen LogP contribution in [0.2, 0.25) is 0 Å². The molecule has 4 heteroatoms. The topological polar surface area (TPSA) is 46.3 Å². The van der Waals surface area contributed by atoms with Crippen molar-refractivity contribution in [2.45, 2.75) is 58.8 Å². The number of piperidine rings is 1. The van der Waals surface area contributed by atoms with E-state index in [1.54, 1.807) is 0 Å². The van der Waals surface area contributed by atoms with Crippen molar-refractivity contribution in [2.75, 3.05) is 19.6 Å². The summed E-state index contributed by atoms with van der Waals surface area (Å²) in [5, 5.41) is 0. The Morgan fingerprint density at radius 2 is 1.63 bits per heavy atom. The van der Waals surface area contributed by atoms with Gasteiger partial charge in [0.05, 0.1) is 5.41 Å². The molecule has 1 heterocycles. The van der Waals surface area contributed by atoms with E-state index in [-0.39, 0.29) is 18.3 Å². The Kier molecular flexibility index (Phi) is 5.69. The van der Waals surface area contributed by atoms with Crippen LogP contribution in [0.1, 0.15) is 58.8 Å². The van der Waals surface area contributed by atoms with Crippen LogP contribution in [0.4, 0.5) is 0 Å². The van der Waals surface area contributed by atoms with Gasteiger partial charge in [0, 0.05) is 19.6 Å². The highest BCUT2D eigenvalue weighted by atomic mass is 35.5. The SMILES string of the molecule is CC(C)(CN)C(=O)N1CCC2(CCCCC2)CC1.Cl. The molecule has 0 aromatic carbocycles. The van der Waals surface area contributed by atoms with Gasteiger partial charge >= 0.3 is 0 Å². The third-order valence-electron chi connectivity index (χ3n) is 5.11. The van der Waals surface area contributed by atoms with E-state index in [1.165, 1.54) is 44.9 Å². The van der Waals surface area contributed by atoms with Gasteiger partial charge in [-0.2, -0.15) is 0 Å². The van der Waals surface area contributed by atoms with Crippen molar-refractivity contribution >= 4 is 18.3 Å². The maximum atomic E-state index is 12.4. The lowest BCUT2D eigenvalue weighted by Crippen LogP contribution is -2.50. The van der Waals surface area contributed by atoms with Crippen LogP contribution in [-0.2, 0) is 4.79 Å². The summed E-state index contributed by atoms with van der Waals surface area (Å²) in [7, 11) is 0. The summed E-state index contributed by atoms with van der Waals surface area (Å²) in [5.41, 5.74) is 5.88. The molecule has 19 heavy (non-hydrogen) atoms. The molecule has 1 aliphatic carbocycles. The van der Waals surface area contributed by atoms with Crippen LogP contribution in [0.3, 0.4) is 0 Å². The standard InChI is InChI=1S/C15H28N2O.ClH/c1-14(2,12-16)13(18)17-10-8-15(9-11-17)6-4-3-5-7-15;/h3-12,16H2,1-2H3;1H. The van der Waals surface area contributed by atoms with Crippen LogP contribution < -0.4 is 5.73 Å². The summed E-state index contributed by atoms with van der Waals surface area (Å²) in [6.45, 7) is 6.25. The van der Waals surface area contributed by atoms with Gasteiger partial charge < -0.3 is 10.6 Å². The van der Waals surface area contributed by atoms with Crippen LogP contribution in [0.25, 0.3) is 0 Å². The van der Waals surface area contributed by atoms with Crippen molar-refractivity contribution in [1.29, 1.82) is 0 Å². The fourth-order valence-corrected chi connectivity index (χ4v) is 3.50. The fraction of sp³-hybridized carbons (Fsp3) is 0.933. The maximum absolute atomic E-state index is 12.4. The van der Waals surface area contributed by atoms with Crippen molar-refractivity contribution in [3.05, 3.63) is 0 Å². The highest BCUT2D eigenvalue weighted by molar-refractivity contribution is 5.85. The van der Waals surface area contributed by atoms with Crippen LogP contribution >= 0.6 is 12.4 Å². The molecule has 112 valence electrons. The van der Waals surface area contributed by atoms with E-state index < -0.39 is 5.41 Å². The van der Waals surface area contributed by atoms with E-state index in [0.29, 0.717) is 12.0 Å². The van der Waals surface area contributed by atoms with E-state index in [2.05, 4.69) is 0 Å². The number of nitrogens with two attached hydrogens (primary N) is 1. The Morgan fingerprint density at radius 3 is 2.11 bits per heavy atom. The van der Waals surface area contributed by atoms with E-state index in [0.717, 1.165) is 13.1 Å². The zero-order chi connectivity index (χ0) is 13.2. The third kappa shape index (κ3) is 3.63. The minimum absolute atomic E-state index is 0.